The number of H-pyrrole nitrogens is 1. The number of aromatic nitrogens is 2. The van der Waals surface area contributed by atoms with Crippen LogP contribution >= 0.6 is 0 Å². The zero-order chi connectivity index (χ0) is 14.7. The third-order valence-electron chi connectivity index (χ3n) is 3.34. The molecule has 2 heterocycles. The van der Waals surface area contributed by atoms with Crippen molar-refractivity contribution >= 4 is 11.0 Å². The van der Waals surface area contributed by atoms with Crippen LogP contribution in [0.15, 0.2) is 37.4 Å². The van der Waals surface area contributed by atoms with E-state index in [2.05, 4.69) is 28.0 Å². The zero-order valence-electron chi connectivity index (χ0n) is 12.0. The summed E-state index contributed by atoms with van der Waals surface area (Å²) in [4.78, 5) is 10.2. The highest BCUT2D eigenvalue weighted by Gasteiger charge is 2.15. The molecule has 2 aromatic rings. The maximum Gasteiger partial charge on any atom is 0.163 e. The van der Waals surface area contributed by atoms with E-state index in [1.54, 1.807) is 0 Å². The molecule has 1 aliphatic rings. The van der Waals surface area contributed by atoms with Gasteiger partial charge in [0.15, 0.2) is 11.5 Å². The Bertz CT molecular complexity index is 610. The van der Waals surface area contributed by atoms with Gasteiger partial charge in [0.25, 0.3) is 0 Å². The molecule has 1 aromatic heterocycles. The summed E-state index contributed by atoms with van der Waals surface area (Å²) >= 11 is 0. The van der Waals surface area contributed by atoms with Crippen molar-refractivity contribution in [2.24, 2.45) is 0 Å². The van der Waals surface area contributed by atoms with E-state index >= 15 is 0 Å². The molecule has 0 spiro atoms. The fraction of sp³-hybridized carbons (Fsp3) is 0.312. The van der Waals surface area contributed by atoms with Crippen molar-refractivity contribution in [3.05, 3.63) is 43.3 Å². The summed E-state index contributed by atoms with van der Waals surface area (Å²) in [5, 5.41) is 0. The highest BCUT2D eigenvalue weighted by molar-refractivity contribution is 5.79. The van der Waals surface area contributed by atoms with Gasteiger partial charge in [-0.2, -0.15) is 0 Å². The highest BCUT2D eigenvalue weighted by atomic mass is 16.6. The molecule has 5 nitrogen and oxygen atoms in total. The topological polar surface area (TPSA) is 50.4 Å². The minimum absolute atomic E-state index is 0.586. The van der Waals surface area contributed by atoms with Crippen LogP contribution in [-0.2, 0) is 6.54 Å². The minimum atomic E-state index is 0.586. The third kappa shape index (κ3) is 2.92. The lowest BCUT2D eigenvalue weighted by Crippen LogP contribution is -2.23. The molecule has 0 unspecified atom stereocenters. The van der Waals surface area contributed by atoms with Crippen LogP contribution in [0.4, 0.5) is 0 Å². The van der Waals surface area contributed by atoms with E-state index in [9.17, 15) is 0 Å². The van der Waals surface area contributed by atoms with Gasteiger partial charge in [-0.25, -0.2) is 4.98 Å². The summed E-state index contributed by atoms with van der Waals surface area (Å²) in [6, 6.07) is 3.88. The number of hydrogen-bond acceptors (Lipinski definition) is 4. The van der Waals surface area contributed by atoms with Crippen molar-refractivity contribution in [3.63, 3.8) is 0 Å². The second-order valence-corrected chi connectivity index (χ2v) is 4.97. The van der Waals surface area contributed by atoms with Gasteiger partial charge in [-0.1, -0.05) is 12.2 Å². The number of benzene rings is 1. The standard InChI is InChI=1S/C16H19N3O2/c1-3-5-19(6-4-2)11-16-17-12-9-14-15(10-13(12)18-16)21-8-7-20-14/h3-4,9-10H,1-2,5-8,11H2,(H,17,18). The smallest absolute Gasteiger partial charge is 0.163 e. The molecule has 0 radical (unpaired) electrons. The summed E-state index contributed by atoms with van der Waals surface area (Å²) < 4.78 is 11.2. The van der Waals surface area contributed by atoms with Crippen LogP contribution in [0.3, 0.4) is 0 Å². The van der Waals surface area contributed by atoms with E-state index in [0.29, 0.717) is 13.2 Å². The summed E-state index contributed by atoms with van der Waals surface area (Å²) in [6.07, 6.45) is 3.76. The Morgan fingerprint density at radius 2 is 1.81 bits per heavy atom. The lowest BCUT2D eigenvalue weighted by molar-refractivity contribution is 0.172. The maximum atomic E-state index is 5.59. The molecular formula is C16H19N3O2. The average molecular weight is 285 g/mol. The van der Waals surface area contributed by atoms with Gasteiger partial charge in [0, 0.05) is 25.2 Å². The second kappa shape index (κ2) is 6.01. The summed E-state index contributed by atoms with van der Waals surface area (Å²) in [5.74, 6) is 2.45. The van der Waals surface area contributed by atoms with Crippen LogP contribution in [-0.4, -0.2) is 41.2 Å². The second-order valence-electron chi connectivity index (χ2n) is 4.97. The predicted octanol–water partition coefficient (Wildman–Crippen LogP) is 2.51. The summed E-state index contributed by atoms with van der Waals surface area (Å²) in [7, 11) is 0. The van der Waals surface area contributed by atoms with E-state index in [4.69, 9.17) is 9.47 Å². The Kier molecular flexibility index (Phi) is 3.92. The first kappa shape index (κ1) is 13.7. The van der Waals surface area contributed by atoms with Crippen LogP contribution in [0, 0.1) is 0 Å². The molecular weight excluding hydrogens is 266 g/mol. The number of imidazole rings is 1. The van der Waals surface area contributed by atoms with E-state index in [1.807, 2.05) is 24.3 Å². The fourth-order valence-corrected chi connectivity index (χ4v) is 2.45. The normalized spacial score (nSPS) is 13.6. The molecule has 1 N–H and O–H groups in total. The number of fused-ring (bicyclic) bond motifs is 2. The van der Waals surface area contributed by atoms with Crippen molar-refractivity contribution in [2.75, 3.05) is 26.3 Å². The quantitative estimate of drug-likeness (QED) is 0.829. The van der Waals surface area contributed by atoms with Crippen LogP contribution in [0.25, 0.3) is 11.0 Å². The van der Waals surface area contributed by atoms with Crippen molar-refractivity contribution in [2.45, 2.75) is 6.54 Å². The first-order valence-electron chi connectivity index (χ1n) is 7.02. The van der Waals surface area contributed by atoms with Crippen molar-refractivity contribution in [3.8, 4) is 11.5 Å². The molecule has 21 heavy (non-hydrogen) atoms. The molecule has 0 amide bonds. The Hall–Kier alpha value is -2.27. The first-order valence-corrected chi connectivity index (χ1v) is 7.02. The molecule has 5 heteroatoms. The lowest BCUT2D eigenvalue weighted by Gasteiger charge is -2.17. The largest absolute Gasteiger partial charge is 0.486 e. The Balaban J connectivity index is 1.86. The minimum Gasteiger partial charge on any atom is -0.486 e. The van der Waals surface area contributed by atoms with Gasteiger partial charge in [-0.05, 0) is 0 Å². The van der Waals surface area contributed by atoms with E-state index in [1.165, 1.54) is 0 Å². The molecule has 3 rings (SSSR count). The van der Waals surface area contributed by atoms with E-state index in [0.717, 1.165) is 48.0 Å². The molecule has 0 fully saturated rings. The lowest BCUT2D eigenvalue weighted by atomic mass is 10.2. The van der Waals surface area contributed by atoms with Gasteiger partial charge in [0.05, 0.1) is 17.6 Å². The van der Waals surface area contributed by atoms with Gasteiger partial charge in [0.1, 0.15) is 19.0 Å². The van der Waals surface area contributed by atoms with E-state index < -0.39 is 0 Å². The van der Waals surface area contributed by atoms with Crippen molar-refractivity contribution in [1.29, 1.82) is 0 Å². The van der Waals surface area contributed by atoms with Gasteiger partial charge < -0.3 is 14.5 Å². The van der Waals surface area contributed by atoms with Crippen LogP contribution < -0.4 is 9.47 Å². The van der Waals surface area contributed by atoms with Crippen LogP contribution in [0.2, 0.25) is 0 Å². The first-order chi connectivity index (χ1) is 10.3. The summed E-state index contributed by atoms with van der Waals surface area (Å²) in [6.45, 7) is 11.1. The zero-order valence-corrected chi connectivity index (χ0v) is 12.0. The number of hydrogen-bond donors (Lipinski definition) is 1. The molecule has 0 atom stereocenters. The summed E-state index contributed by atoms with van der Waals surface area (Å²) in [5.41, 5.74) is 1.86. The average Bonchev–Trinajstić information content (AvgIpc) is 2.86. The maximum absolute atomic E-state index is 5.59. The third-order valence-corrected chi connectivity index (χ3v) is 3.34. The number of nitrogens with one attached hydrogen (secondary N) is 1. The molecule has 1 aliphatic heterocycles. The Labute approximate surface area is 123 Å². The van der Waals surface area contributed by atoms with Gasteiger partial charge in [0.2, 0.25) is 0 Å². The van der Waals surface area contributed by atoms with Gasteiger partial charge in [-0.15, -0.1) is 13.2 Å². The molecule has 0 aliphatic carbocycles. The molecule has 0 bridgehead atoms. The van der Waals surface area contributed by atoms with E-state index in [-0.39, 0.29) is 0 Å². The van der Waals surface area contributed by atoms with Crippen LogP contribution in [0.1, 0.15) is 5.82 Å². The molecule has 0 saturated heterocycles. The van der Waals surface area contributed by atoms with Crippen molar-refractivity contribution in [1.82, 2.24) is 14.9 Å². The Morgan fingerprint density at radius 1 is 1.14 bits per heavy atom. The fourth-order valence-electron chi connectivity index (χ4n) is 2.45. The number of ether oxygens (including phenoxy) is 2. The molecule has 110 valence electrons. The monoisotopic (exact) mass is 285 g/mol. The molecule has 0 saturated carbocycles. The number of nitrogens with zero attached hydrogens (tertiary/aromatic N) is 2. The van der Waals surface area contributed by atoms with Gasteiger partial charge in [-0.3, -0.25) is 4.90 Å². The van der Waals surface area contributed by atoms with Crippen molar-refractivity contribution < 1.29 is 9.47 Å². The predicted molar refractivity (Wildman–Crippen MR) is 82.8 cm³/mol. The Morgan fingerprint density at radius 3 is 2.48 bits per heavy atom. The highest BCUT2D eigenvalue weighted by Crippen LogP contribution is 2.33. The van der Waals surface area contributed by atoms with Gasteiger partial charge >= 0.3 is 0 Å². The van der Waals surface area contributed by atoms with Crippen LogP contribution in [0.5, 0.6) is 11.5 Å². The SMILES string of the molecule is C=CCN(CC=C)Cc1nc2cc3c(cc2[nH]1)OCCO3. The molecule has 1 aromatic carbocycles. The number of aromatic amines is 1. The number of rotatable bonds is 6.